The summed E-state index contributed by atoms with van der Waals surface area (Å²) >= 11 is 0. The lowest BCUT2D eigenvalue weighted by atomic mass is 10.1. The minimum atomic E-state index is 1.36. The average molecular weight is 156 g/mol. The van der Waals surface area contributed by atoms with E-state index in [4.69, 9.17) is 0 Å². The maximum atomic E-state index is 2.42. The molecule has 0 radical (unpaired) electrons. The van der Waals surface area contributed by atoms with Gasteiger partial charge in [0.2, 0.25) is 0 Å². The van der Waals surface area contributed by atoms with Crippen molar-refractivity contribution in [1.29, 1.82) is 0 Å². The zero-order valence-corrected chi connectivity index (χ0v) is 7.84. The van der Waals surface area contributed by atoms with Crippen LogP contribution < -0.4 is 0 Å². The van der Waals surface area contributed by atoms with Gasteiger partial charge < -0.3 is 8.97 Å². The molecule has 3 aliphatic heterocycles. The first-order valence-electron chi connectivity index (χ1n) is 4.87. The van der Waals surface area contributed by atoms with Crippen LogP contribution in [0.15, 0.2) is 0 Å². The van der Waals surface area contributed by atoms with E-state index >= 15 is 0 Å². The molecule has 3 heterocycles. The predicted molar refractivity (Wildman–Crippen MR) is 46.2 cm³/mol. The Morgan fingerprint density at radius 3 is 1.73 bits per heavy atom. The van der Waals surface area contributed by atoms with Crippen molar-refractivity contribution in [3.05, 3.63) is 0 Å². The largest absolute Gasteiger partial charge is 0.312 e. The third kappa shape index (κ3) is 1.09. The van der Waals surface area contributed by atoms with E-state index in [1.54, 1.807) is 0 Å². The molecule has 3 saturated heterocycles. The summed E-state index contributed by atoms with van der Waals surface area (Å²) in [6.45, 7) is 12.3. The van der Waals surface area contributed by atoms with Crippen LogP contribution in [0.2, 0.25) is 0 Å². The maximum absolute atomic E-state index is 2.42. The molecule has 0 aromatic heterocycles. The van der Waals surface area contributed by atoms with Gasteiger partial charge in [0.25, 0.3) is 0 Å². The Morgan fingerprint density at radius 2 is 1.36 bits per heavy atom. The SMILES string of the molecule is CC[N+]12CC[N+](C)(CC1)CC2. The monoisotopic (exact) mass is 156 g/mol. The van der Waals surface area contributed by atoms with Gasteiger partial charge in [-0.25, -0.2) is 0 Å². The fraction of sp³-hybridized carbons (Fsp3) is 1.00. The molecule has 0 saturated carbocycles. The van der Waals surface area contributed by atoms with Crippen LogP contribution in [0, 0.1) is 0 Å². The molecule has 64 valence electrons. The number of fused-ring (bicyclic) bond motifs is 3. The van der Waals surface area contributed by atoms with Crippen LogP contribution in [-0.4, -0.2) is 61.8 Å². The molecule has 3 rings (SSSR count). The predicted octanol–water partition coefficient (Wildman–Crippen LogP) is 0.297. The first-order chi connectivity index (χ1) is 5.18. The van der Waals surface area contributed by atoms with Gasteiger partial charge in [-0.2, -0.15) is 0 Å². The molecule has 0 aromatic carbocycles. The fourth-order valence-electron chi connectivity index (χ4n) is 2.51. The van der Waals surface area contributed by atoms with Gasteiger partial charge >= 0.3 is 0 Å². The lowest BCUT2D eigenvalue weighted by molar-refractivity contribution is -1.07. The minimum absolute atomic E-state index is 1.36. The smallest absolute Gasteiger partial charge is 0.129 e. The summed E-state index contributed by atoms with van der Waals surface area (Å²) in [7, 11) is 2.42. The third-order valence-electron chi connectivity index (χ3n) is 4.01. The van der Waals surface area contributed by atoms with E-state index < -0.39 is 0 Å². The van der Waals surface area contributed by atoms with E-state index in [1.807, 2.05) is 0 Å². The van der Waals surface area contributed by atoms with Crippen molar-refractivity contribution in [3.8, 4) is 0 Å². The Morgan fingerprint density at radius 1 is 0.909 bits per heavy atom. The average Bonchev–Trinajstić information content (AvgIpc) is 2.07. The van der Waals surface area contributed by atoms with Crippen LogP contribution in [0.4, 0.5) is 0 Å². The molecule has 0 N–H and O–H groups in total. The highest BCUT2D eigenvalue weighted by molar-refractivity contribution is 4.58. The molecule has 0 atom stereocenters. The first kappa shape index (κ1) is 7.56. The van der Waals surface area contributed by atoms with Crippen LogP contribution in [0.1, 0.15) is 6.92 Å². The van der Waals surface area contributed by atoms with Crippen LogP contribution in [0.5, 0.6) is 0 Å². The first-order valence-corrected chi connectivity index (χ1v) is 4.87. The highest BCUT2D eigenvalue weighted by Crippen LogP contribution is 2.23. The van der Waals surface area contributed by atoms with Gasteiger partial charge in [-0.1, -0.05) is 0 Å². The summed E-state index contributed by atoms with van der Waals surface area (Å²) in [5.74, 6) is 0. The van der Waals surface area contributed by atoms with E-state index in [2.05, 4.69) is 14.0 Å². The molecular weight excluding hydrogens is 136 g/mol. The van der Waals surface area contributed by atoms with E-state index in [9.17, 15) is 0 Å². The standard InChI is InChI=1S/C9H20N2/c1-3-11-7-4-10(2,5-8-11)6-9-11/h3-9H2,1-2H3/q+2. The Balaban J connectivity index is 2.12. The molecular formula is C9H20N2+2. The number of hydrogen-bond acceptors (Lipinski definition) is 0. The summed E-state index contributed by atoms with van der Waals surface area (Å²) < 4.78 is 2.79. The van der Waals surface area contributed by atoms with Crippen molar-refractivity contribution in [2.24, 2.45) is 0 Å². The number of nitrogens with zero attached hydrogens (tertiary/aromatic N) is 2. The normalized spacial score (nSPS) is 49.6. The zero-order valence-electron chi connectivity index (χ0n) is 7.84. The van der Waals surface area contributed by atoms with Crippen molar-refractivity contribution in [2.75, 3.05) is 52.9 Å². The van der Waals surface area contributed by atoms with Gasteiger partial charge in [0.1, 0.15) is 39.3 Å². The molecule has 0 amide bonds. The molecule has 2 bridgehead atoms. The van der Waals surface area contributed by atoms with Gasteiger partial charge in [0.15, 0.2) is 0 Å². The molecule has 2 nitrogen and oxygen atoms in total. The topological polar surface area (TPSA) is 0 Å². The molecule has 0 aromatic rings. The van der Waals surface area contributed by atoms with Gasteiger partial charge in [-0.15, -0.1) is 0 Å². The number of likely N-dealkylation sites (N-methyl/N-ethyl adjacent to an activating group) is 2. The number of rotatable bonds is 1. The van der Waals surface area contributed by atoms with Crippen LogP contribution in [0.25, 0.3) is 0 Å². The molecule has 0 aliphatic carbocycles. The summed E-state index contributed by atoms with van der Waals surface area (Å²) in [4.78, 5) is 0. The second kappa shape index (κ2) is 2.20. The van der Waals surface area contributed by atoms with Gasteiger partial charge in [-0.3, -0.25) is 0 Å². The zero-order chi connectivity index (χ0) is 7.95. The highest BCUT2D eigenvalue weighted by atomic mass is 15.5. The van der Waals surface area contributed by atoms with Crippen LogP contribution in [0.3, 0.4) is 0 Å². The van der Waals surface area contributed by atoms with Crippen molar-refractivity contribution in [1.82, 2.24) is 0 Å². The Labute approximate surface area is 69.6 Å². The van der Waals surface area contributed by atoms with E-state index in [-0.39, 0.29) is 0 Å². The van der Waals surface area contributed by atoms with Gasteiger partial charge in [0, 0.05) is 0 Å². The molecule has 2 heteroatoms. The van der Waals surface area contributed by atoms with Crippen molar-refractivity contribution in [2.45, 2.75) is 6.92 Å². The Bertz CT molecular complexity index is 140. The fourth-order valence-corrected chi connectivity index (χ4v) is 2.51. The lowest BCUT2D eigenvalue weighted by Gasteiger charge is -2.53. The highest BCUT2D eigenvalue weighted by Gasteiger charge is 2.45. The molecule has 11 heavy (non-hydrogen) atoms. The number of hydrogen-bond donors (Lipinski definition) is 0. The van der Waals surface area contributed by atoms with Crippen LogP contribution >= 0.6 is 0 Å². The number of quaternary nitrogens is 2. The van der Waals surface area contributed by atoms with E-state index in [0.29, 0.717) is 0 Å². The maximum Gasteiger partial charge on any atom is 0.129 e. The van der Waals surface area contributed by atoms with E-state index in [1.165, 1.54) is 54.8 Å². The Hall–Kier alpha value is -0.0800. The summed E-state index contributed by atoms with van der Waals surface area (Å²) in [6.07, 6.45) is 0. The van der Waals surface area contributed by atoms with Crippen molar-refractivity contribution < 1.29 is 8.97 Å². The molecule has 0 spiro atoms. The molecule has 0 unspecified atom stereocenters. The summed E-state index contributed by atoms with van der Waals surface area (Å²) in [6, 6.07) is 0. The van der Waals surface area contributed by atoms with Crippen molar-refractivity contribution >= 4 is 0 Å². The second-order valence-electron chi connectivity index (χ2n) is 4.62. The third-order valence-corrected chi connectivity index (χ3v) is 4.01. The molecule has 3 fully saturated rings. The quantitative estimate of drug-likeness (QED) is 0.479. The van der Waals surface area contributed by atoms with Crippen molar-refractivity contribution in [3.63, 3.8) is 0 Å². The number of piperazine rings is 3. The minimum Gasteiger partial charge on any atom is -0.312 e. The van der Waals surface area contributed by atoms with Gasteiger partial charge in [0.05, 0.1) is 13.6 Å². The van der Waals surface area contributed by atoms with Gasteiger partial charge in [-0.05, 0) is 6.92 Å². The summed E-state index contributed by atoms with van der Waals surface area (Å²) in [5.41, 5.74) is 0. The second-order valence-corrected chi connectivity index (χ2v) is 4.62. The van der Waals surface area contributed by atoms with Crippen LogP contribution in [-0.2, 0) is 0 Å². The van der Waals surface area contributed by atoms with E-state index in [0.717, 1.165) is 0 Å². The Kier molecular flexibility index (Phi) is 1.52. The summed E-state index contributed by atoms with van der Waals surface area (Å²) in [5, 5.41) is 0. The molecule has 3 aliphatic rings. The lowest BCUT2D eigenvalue weighted by Crippen LogP contribution is -2.73.